The van der Waals surface area contributed by atoms with Gasteiger partial charge in [0, 0.05) is 50.6 Å². The first kappa shape index (κ1) is 16.6. The summed E-state index contributed by atoms with van der Waals surface area (Å²) in [6.45, 7) is 4.31. The number of amides is 1. The average molecular weight is 344 g/mol. The maximum Gasteiger partial charge on any atom is 0.225 e. The van der Waals surface area contributed by atoms with Gasteiger partial charge in [0.1, 0.15) is 5.82 Å². The van der Waals surface area contributed by atoms with E-state index in [4.69, 9.17) is 9.97 Å². The van der Waals surface area contributed by atoms with Crippen LogP contribution in [0.5, 0.6) is 0 Å². The van der Waals surface area contributed by atoms with E-state index in [0.717, 1.165) is 75.9 Å². The van der Waals surface area contributed by atoms with Gasteiger partial charge in [-0.15, -0.1) is 0 Å². The molecule has 0 radical (unpaired) electrons. The number of likely N-dealkylation sites (tertiary alicyclic amines) is 1. The summed E-state index contributed by atoms with van der Waals surface area (Å²) in [4.78, 5) is 23.4. The van der Waals surface area contributed by atoms with Crippen molar-refractivity contribution in [1.29, 1.82) is 0 Å². The number of piperidine rings is 1. The van der Waals surface area contributed by atoms with Crippen molar-refractivity contribution in [2.45, 2.75) is 51.0 Å². The van der Waals surface area contributed by atoms with Crippen molar-refractivity contribution in [3.05, 3.63) is 11.3 Å². The minimum absolute atomic E-state index is 0.287. The van der Waals surface area contributed by atoms with E-state index in [1.165, 1.54) is 18.4 Å². The lowest BCUT2D eigenvalue weighted by Crippen LogP contribution is -2.38. The van der Waals surface area contributed by atoms with Crippen LogP contribution in [0.25, 0.3) is 0 Å². The Bertz CT molecular complexity index is 630. The zero-order valence-corrected chi connectivity index (χ0v) is 14.8. The number of aromatic nitrogens is 2. The van der Waals surface area contributed by atoms with Gasteiger partial charge in [-0.25, -0.2) is 4.98 Å². The fourth-order valence-corrected chi connectivity index (χ4v) is 3.57. The number of rotatable bonds is 6. The molecule has 1 aromatic heterocycles. The third kappa shape index (κ3) is 4.21. The molecule has 0 atom stereocenters. The van der Waals surface area contributed by atoms with Crippen molar-refractivity contribution in [3.8, 4) is 0 Å². The van der Waals surface area contributed by atoms with Gasteiger partial charge >= 0.3 is 0 Å². The first-order valence-electron chi connectivity index (χ1n) is 9.68. The lowest BCUT2D eigenvalue weighted by atomic mass is 10.1. The summed E-state index contributed by atoms with van der Waals surface area (Å²) in [5.74, 6) is 1.98. The Balaban J connectivity index is 1.45. The second-order valence-electron chi connectivity index (χ2n) is 7.25. The van der Waals surface area contributed by atoms with E-state index in [1.807, 2.05) is 4.90 Å². The Labute approximate surface area is 149 Å². The van der Waals surface area contributed by atoms with E-state index in [1.54, 1.807) is 0 Å². The minimum Gasteiger partial charge on any atom is -0.368 e. The fourth-order valence-electron chi connectivity index (χ4n) is 3.57. The predicted octanol–water partition coefficient (Wildman–Crippen LogP) is 1.16. The summed E-state index contributed by atoms with van der Waals surface area (Å²) in [5.41, 5.74) is 2.39. The molecular formula is C18H28N6O. The Morgan fingerprint density at radius 2 is 2.00 bits per heavy atom. The number of hydrogen-bond acceptors (Lipinski definition) is 6. The highest BCUT2D eigenvalue weighted by molar-refractivity contribution is 5.76. The van der Waals surface area contributed by atoms with Gasteiger partial charge in [-0.1, -0.05) is 0 Å². The van der Waals surface area contributed by atoms with Crippen LogP contribution in [0.4, 0.5) is 11.8 Å². The summed E-state index contributed by atoms with van der Waals surface area (Å²) < 4.78 is 0. The van der Waals surface area contributed by atoms with Crippen molar-refractivity contribution >= 4 is 17.7 Å². The average Bonchev–Trinajstić information content (AvgIpc) is 3.43. The van der Waals surface area contributed by atoms with Crippen LogP contribution in [0.1, 0.15) is 43.4 Å². The topological polar surface area (TPSA) is 82.2 Å². The van der Waals surface area contributed by atoms with Gasteiger partial charge in [0.2, 0.25) is 11.9 Å². The molecule has 1 aliphatic carbocycles. The highest BCUT2D eigenvalue weighted by Gasteiger charge is 2.24. The van der Waals surface area contributed by atoms with Crippen LogP contribution in [0.3, 0.4) is 0 Å². The number of anilines is 2. The largest absolute Gasteiger partial charge is 0.368 e. The lowest BCUT2D eigenvalue weighted by Gasteiger charge is -2.27. The van der Waals surface area contributed by atoms with E-state index in [-0.39, 0.29) is 5.91 Å². The van der Waals surface area contributed by atoms with Gasteiger partial charge in [0.05, 0.1) is 5.69 Å². The summed E-state index contributed by atoms with van der Waals surface area (Å²) in [5, 5.41) is 10.4. The smallest absolute Gasteiger partial charge is 0.225 e. The van der Waals surface area contributed by atoms with Crippen molar-refractivity contribution in [2.24, 2.45) is 0 Å². The molecule has 4 rings (SSSR count). The number of carbonyl (C=O) groups excluding carboxylic acids is 1. The maximum atomic E-state index is 12.0. The molecule has 3 heterocycles. The van der Waals surface area contributed by atoms with E-state index < -0.39 is 0 Å². The van der Waals surface area contributed by atoms with Crippen molar-refractivity contribution in [1.82, 2.24) is 20.2 Å². The second-order valence-corrected chi connectivity index (χ2v) is 7.25. The zero-order valence-electron chi connectivity index (χ0n) is 14.8. The number of carbonyl (C=O) groups is 1. The standard InChI is InChI=1S/C18H28N6O/c25-16-3-1-2-11-24(16)12-10-20-17-14-6-8-19-9-7-15(14)22-18(23-17)21-13-4-5-13/h13,19H,1-12H2,(H2,20,21,22,23). The molecule has 2 fully saturated rings. The first-order chi connectivity index (χ1) is 12.3. The van der Waals surface area contributed by atoms with E-state index >= 15 is 0 Å². The molecule has 3 aliphatic rings. The molecule has 1 saturated carbocycles. The second kappa shape index (κ2) is 7.56. The molecule has 7 heteroatoms. The third-order valence-corrected chi connectivity index (χ3v) is 5.19. The predicted molar refractivity (Wildman–Crippen MR) is 97.9 cm³/mol. The van der Waals surface area contributed by atoms with E-state index in [9.17, 15) is 4.79 Å². The molecule has 2 aliphatic heterocycles. The normalized spacial score (nSPS) is 20.8. The molecule has 0 unspecified atom stereocenters. The number of fused-ring (bicyclic) bond motifs is 1. The van der Waals surface area contributed by atoms with Gasteiger partial charge in [-0.3, -0.25) is 4.79 Å². The lowest BCUT2D eigenvalue weighted by molar-refractivity contribution is -0.133. The van der Waals surface area contributed by atoms with Gasteiger partial charge in [-0.05, 0) is 38.6 Å². The Morgan fingerprint density at radius 3 is 2.84 bits per heavy atom. The number of hydrogen-bond donors (Lipinski definition) is 3. The molecule has 136 valence electrons. The van der Waals surface area contributed by atoms with Gasteiger partial charge in [0.25, 0.3) is 0 Å². The van der Waals surface area contributed by atoms with Crippen LogP contribution in [-0.4, -0.2) is 59.5 Å². The van der Waals surface area contributed by atoms with Crippen molar-refractivity contribution in [3.63, 3.8) is 0 Å². The Kier molecular flexibility index (Phi) is 5.01. The summed E-state index contributed by atoms with van der Waals surface area (Å²) in [6.07, 6.45) is 7.16. The molecule has 7 nitrogen and oxygen atoms in total. The van der Waals surface area contributed by atoms with Gasteiger partial charge in [-0.2, -0.15) is 4.98 Å². The molecule has 1 amide bonds. The van der Waals surface area contributed by atoms with Crippen LogP contribution in [-0.2, 0) is 17.6 Å². The van der Waals surface area contributed by atoms with Gasteiger partial charge in [0.15, 0.2) is 0 Å². The molecule has 3 N–H and O–H groups in total. The van der Waals surface area contributed by atoms with Gasteiger partial charge < -0.3 is 20.9 Å². The third-order valence-electron chi connectivity index (χ3n) is 5.19. The monoisotopic (exact) mass is 344 g/mol. The maximum absolute atomic E-state index is 12.0. The van der Waals surface area contributed by atoms with Crippen LogP contribution in [0.15, 0.2) is 0 Å². The van der Waals surface area contributed by atoms with Crippen LogP contribution >= 0.6 is 0 Å². The number of nitrogens with one attached hydrogen (secondary N) is 3. The minimum atomic E-state index is 0.287. The van der Waals surface area contributed by atoms with E-state index in [0.29, 0.717) is 12.5 Å². The summed E-state index contributed by atoms with van der Waals surface area (Å²) in [7, 11) is 0. The Hall–Kier alpha value is -1.89. The zero-order chi connectivity index (χ0) is 17.1. The fraction of sp³-hybridized carbons (Fsp3) is 0.722. The molecule has 1 aromatic rings. The molecule has 1 saturated heterocycles. The highest BCUT2D eigenvalue weighted by atomic mass is 16.2. The molecule has 0 spiro atoms. The summed E-state index contributed by atoms with van der Waals surface area (Å²) >= 11 is 0. The molecule has 0 bridgehead atoms. The SMILES string of the molecule is O=C1CCCCN1CCNc1nc(NC2CC2)nc2c1CCNCC2. The number of nitrogens with zero attached hydrogens (tertiary/aromatic N) is 3. The molecular weight excluding hydrogens is 316 g/mol. The summed E-state index contributed by atoms with van der Waals surface area (Å²) in [6, 6.07) is 0.542. The molecule has 25 heavy (non-hydrogen) atoms. The quantitative estimate of drug-likeness (QED) is 0.718. The highest BCUT2D eigenvalue weighted by Crippen LogP contribution is 2.26. The van der Waals surface area contributed by atoms with Crippen LogP contribution in [0.2, 0.25) is 0 Å². The molecule has 0 aromatic carbocycles. The van der Waals surface area contributed by atoms with Crippen LogP contribution < -0.4 is 16.0 Å². The Morgan fingerprint density at radius 1 is 1.12 bits per heavy atom. The van der Waals surface area contributed by atoms with Crippen molar-refractivity contribution < 1.29 is 4.79 Å². The van der Waals surface area contributed by atoms with E-state index in [2.05, 4.69) is 16.0 Å². The first-order valence-corrected chi connectivity index (χ1v) is 9.68. The van der Waals surface area contributed by atoms with Crippen LogP contribution in [0, 0.1) is 0 Å². The van der Waals surface area contributed by atoms with Crippen molar-refractivity contribution in [2.75, 3.05) is 43.4 Å².